The summed E-state index contributed by atoms with van der Waals surface area (Å²) in [5.41, 5.74) is 7.21. The van der Waals surface area contributed by atoms with Crippen molar-refractivity contribution >= 4 is 34.0 Å². The first kappa shape index (κ1) is 13.9. The van der Waals surface area contributed by atoms with Crippen molar-refractivity contribution in [2.75, 3.05) is 37.2 Å². The second kappa shape index (κ2) is 6.06. The van der Waals surface area contributed by atoms with Crippen molar-refractivity contribution in [3.05, 3.63) is 21.5 Å². The van der Waals surface area contributed by atoms with E-state index in [4.69, 9.17) is 5.73 Å². The Kier molecular flexibility index (Phi) is 4.66. The van der Waals surface area contributed by atoms with Crippen LogP contribution in [0.5, 0.6) is 0 Å². The summed E-state index contributed by atoms with van der Waals surface area (Å²) < 4.78 is 14.0. The Labute approximate surface area is 121 Å². The maximum Gasteiger partial charge on any atom is 0.138 e. The van der Waals surface area contributed by atoms with Gasteiger partial charge in [-0.1, -0.05) is 6.92 Å². The summed E-state index contributed by atoms with van der Waals surface area (Å²) >= 11 is 1.95. The van der Waals surface area contributed by atoms with E-state index in [1.54, 1.807) is 6.07 Å². The largest absolute Gasteiger partial charge is 0.397 e. The van der Waals surface area contributed by atoms with Crippen molar-refractivity contribution in [2.45, 2.75) is 13.3 Å². The molecule has 0 bridgehead atoms. The van der Waals surface area contributed by atoms with E-state index < -0.39 is 0 Å². The van der Waals surface area contributed by atoms with E-state index in [9.17, 15) is 4.39 Å². The molecule has 2 rings (SSSR count). The van der Waals surface area contributed by atoms with Crippen molar-refractivity contribution in [3.8, 4) is 0 Å². The number of halogens is 2. The zero-order valence-corrected chi connectivity index (χ0v) is 12.7. The molecule has 3 N–H and O–H groups in total. The third-order valence-electron chi connectivity index (χ3n) is 3.49. The average molecular weight is 363 g/mol. The minimum Gasteiger partial charge on any atom is -0.397 e. The van der Waals surface area contributed by atoms with Gasteiger partial charge in [0.05, 0.1) is 14.9 Å². The number of nitrogens with one attached hydrogen (secondary N) is 1. The summed E-state index contributed by atoms with van der Waals surface area (Å²) in [6.45, 7) is 6.44. The van der Waals surface area contributed by atoms with E-state index in [0.29, 0.717) is 20.9 Å². The van der Waals surface area contributed by atoms with Crippen LogP contribution in [0.25, 0.3) is 0 Å². The molecule has 0 spiro atoms. The van der Waals surface area contributed by atoms with Gasteiger partial charge in [-0.3, -0.25) is 0 Å². The highest BCUT2D eigenvalue weighted by Gasteiger charge is 2.20. The quantitative estimate of drug-likeness (QED) is 0.639. The summed E-state index contributed by atoms with van der Waals surface area (Å²) in [4.78, 5) is 2.43. The summed E-state index contributed by atoms with van der Waals surface area (Å²) in [6.07, 6.45) is 1.20. The monoisotopic (exact) mass is 363 g/mol. The number of hydrogen-bond donors (Lipinski definition) is 2. The van der Waals surface area contributed by atoms with E-state index in [1.165, 1.54) is 19.0 Å². The number of nitrogens with zero attached hydrogens (tertiary/aromatic N) is 1. The number of rotatable bonds is 4. The third kappa shape index (κ3) is 3.26. The zero-order chi connectivity index (χ0) is 13.1. The maximum atomic E-state index is 13.5. The lowest BCUT2D eigenvalue weighted by Crippen LogP contribution is -2.22. The van der Waals surface area contributed by atoms with E-state index in [2.05, 4.69) is 17.1 Å². The molecule has 1 unspecified atom stereocenters. The summed E-state index contributed by atoms with van der Waals surface area (Å²) in [7, 11) is 0. The Morgan fingerprint density at radius 3 is 3.00 bits per heavy atom. The topological polar surface area (TPSA) is 41.3 Å². The molecule has 1 aliphatic heterocycles. The van der Waals surface area contributed by atoms with Crippen LogP contribution < -0.4 is 11.1 Å². The molecule has 0 radical (unpaired) electrons. The fourth-order valence-corrected chi connectivity index (χ4v) is 2.83. The van der Waals surface area contributed by atoms with E-state index >= 15 is 0 Å². The molecule has 1 aromatic rings. The van der Waals surface area contributed by atoms with Gasteiger partial charge in [-0.2, -0.15) is 0 Å². The number of nitrogen functional groups attached to an aromatic ring is 1. The molecular formula is C13H19FIN3. The van der Waals surface area contributed by atoms with Gasteiger partial charge >= 0.3 is 0 Å². The molecule has 18 heavy (non-hydrogen) atoms. The standard InChI is InChI=1S/C13H19FIN3/c1-2-18-4-3-9(8-18)7-17-13-5-10(14)11(15)6-12(13)16/h5-6,9,17H,2-4,7-8,16H2,1H3. The normalized spacial score (nSPS) is 20.3. The van der Waals surface area contributed by atoms with Crippen molar-refractivity contribution < 1.29 is 4.39 Å². The van der Waals surface area contributed by atoms with Gasteiger partial charge in [-0.25, -0.2) is 4.39 Å². The Morgan fingerprint density at radius 1 is 1.56 bits per heavy atom. The molecule has 1 saturated heterocycles. The Balaban J connectivity index is 1.93. The average Bonchev–Trinajstić information content (AvgIpc) is 2.80. The molecule has 0 saturated carbocycles. The highest BCUT2D eigenvalue weighted by Crippen LogP contribution is 2.25. The van der Waals surface area contributed by atoms with Crippen LogP contribution in [0, 0.1) is 15.3 Å². The Morgan fingerprint density at radius 2 is 2.33 bits per heavy atom. The van der Waals surface area contributed by atoms with Crippen molar-refractivity contribution in [2.24, 2.45) is 5.92 Å². The Hall–Kier alpha value is -0.560. The molecule has 1 atom stereocenters. The van der Waals surface area contributed by atoms with Crippen molar-refractivity contribution in [1.82, 2.24) is 4.90 Å². The predicted molar refractivity (Wildman–Crippen MR) is 82.2 cm³/mol. The fourth-order valence-electron chi connectivity index (χ4n) is 2.34. The molecule has 0 amide bonds. The SMILES string of the molecule is CCN1CCC(CNc2cc(F)c(I)cc2N)C1. The van der Waals surface area contributed by atoms with Crippen LogP contribution >= 0.6 is 22.6 Å². The van der Waals surface area contributed by atoms with Crippen LogP contribution in [0.2, 0.25) is 0 Å². The second-order valence-corrected chi connectivity index (χ2v) is 5.94. The van der Waals surface area contributed by atoms with Gasteiger partial charge in [-0.15, -0.1) is 0 Å². The Bertz CT molecular complexity index is 425. The third-order valence-corrected chi connectivity index (χ3v) is 4.32. The number of nitrogens with two attached hydrogens (primary N) is 1. The highest BCUT2D eigenvalue weighted by molar-refractivity contribution is 14.1. The summed E-state index contributed by atoms with van der Waals surface area (Å²) in [5.74, 6) is 0.417. The van der Waals surface area contributed by atoms with Gasteiger partial charge < -0.3 is 16.0 Å². The zero-order valence-electron chi connectivity index (χ0n) is 10.5. The minimum absolute atomic E-state index is 0.214. The first-order valence-electron chi connectivity index (χ1n) is 6.31. The van der Waals surface area contributed by atoms with E-state index in [-0.39, 0.29) is 5.82 Å². The van der Waals surface area contributed by atoms with Crippen LogP contribution in [0.4, 0.5) is 15.8 Å². The first-order valence-corrected chi connectivity index (χ1v) is 7.38. The van der Waals surface area contributed by atoms with Gasteiger partial charge in [0.25, 0.3) is 0 Å². The summed E-state index contributed by atoms with van der Waals surface area (Å²) in [6, 6.07) is 3.16. The summed E-state index contributed by atoms with van der Waals surface area (Å²) in [5, 5.41) is 3.27. The molecular weight excluding hydrogens is 344 g/mol. The van der Waals surface area contributed by atoms with Gasteiger partial charge in [0, 0.05) is 19.2 Å². The van der Waals surface area contributed by atoms with Crippen LogP contribution in [-0.4, -0.2) is 31.1 Å². The smallest absolute Gasteiger partial charge is 0.138 e. The molecule has 3 nitrogen and oxygen atoms in total. The van der Waals surface area contributed by atoms with Gasteiger partial charge in [-0.05, 0) is 54.1 Å². The highest BCUT2D eigenvalue weighted by atomic mass is 127. The van der Waals surface area contributed by atoms with Crippen LogP contribution in [0.15, 0.2) is 12.1 Å². The lowest BCUT2D eigenvalue weighted by atomic mass is 10.1. The van der Waals surface area contributed by atoms with Crippen molar-refractivity contribution in [1.29, 1.82) is 0 Å². The van der Waals surface area contributed by atoms with Gasteiger partial charge in [0.1, 0.15) is 5.82 Å². The molecule has 1 heterocycles. The number of likely N-dealkylation sites (tertiary alicyclic amines) is 1. The molecule has 5 heteroatoms. The van der Waals surface area contributed by atoms with Crippen LogP contribution in [-0.2, 0) is 0 Å². The fraction of sp³-hybridized carbons (Fsp3) is 0.538. The number of hydrogen-bond acceptors (Lipinski definition) is 3. The number of benzene rings is 1. The minimum atomic E-state index is -0.214. The van der Waals surface area contributed by atoms with Gasteiger partial charge in [0.15, 0.2) is 0 Å². The van der Waals surface area contributed by atoms with Crippen LogP contribution in [0.1, 0.15) is 13.3 Å². The second-order valence-electron chi connectivity index (χ2n) is 4.78. The van der Waals surface area contributed by atoms with E-state index in [1.807, 2.05) is 22.6 Å². The predicted octanol–water partition coefficient (Wildman–Crippen LogP) is 2.77. The molecule has 100 valence electrons. The van der Waals surface area contributed by atoms with Gasteiger partial charge in [0.2, 0.25) is 0 Å². The molecule has 1 fully saturated rings. The van der Waals surface area contributed by atoms with E-state index in [0.717, 1.165) is 19.6 Å². The molecule has 0 aromatic heterocycles. The number of anilines is 2. The molecule has 1 aliphatic rings. The molecule has 1 aromatic carbocycles. The maximum absolute atomic E-state index is 13.5. The lowest BCUT2D eigenvalue weighted by Gasteiger charge is -2.15. The van der Waals surface area contributed by atoms with Crippen LogP contribution in [0.3, 0.4) is 0 Å². The van der Waals surface area contributed by atoms with Crippen molar-refractivity contribution in [3.63, 3.8) is 0 Å². The lowest BCUT2D eigenvalue weighted by molar-refractivity contribution is 0.345. The molecule has 0 aliphatic carbocycles. The first-order chi connectivity index (χ1) is 8.60.